The summed E-state index contributed by atoms with van der Waals surface area (Å²) in [5, 5.41) is 4.46. The van der Waals surface area contributed by atoms with Gasteiger partial charge in [0.25, 0.3) is 0 Å². The van der Waals surface area contributed by atoms with Gasteiger partial charge in [-0.3, -0.25) is 16.0 Å². The fourth-order valence-electron chi connectivity index (χ4n) is 3.59. The summed E-state index contributed by atoms with van der Waals surface area (Å²) in [5.41, 5.74) is 5.76. The largest absolute Gasteiger partial charge is 0.271 e. The number of aryl methyl sites for hydroxylation is 1. The summed E-state index contributed by atoms with van der Waals surface area (Å²) in [5.74, 6) is 5.97. The van der Waals surface area contributed by atoms with E-state index in [2.05, 4.69) is 58.5 Å². The van der Waals surface area contributed by atoms with Crippen LogP contribution < -0.4 is 11.3 Å². The van der Waals surface area contributed by atoms with Gasteiger partial charge in [0.1, 0.15) is 0 Å². The topological polar surface area (TPSA) is 55.9 Å². The van der Waals surface area contributed by atoms with Crippen molar-refractivity contribution in [1.82, 2.24) is 15.2 Å². The normalized spacial score (nSPS) is 18.2. The van der Waals surface area contributed by atoms with Crippen molar-refractivity contribution in [1.29, 1.82) is 0 Å². The van der Waals surface area contributed by atoms with Crippen LogP contribution in [0.4, 0.5) is 0 Å². The number of rotatable bonds is 6. The zero-order valence-corrected chi connectivity index (χ0v) is 12.6. The Morgan fingerprint density at radius 1 is 1.29 bits per heavy atom. The van der Waals surface area contributed by atoms with Crippen LogP contribution in [0.1, 0.15) is 49.9 Å². The van der Waals surface area contributed by atoms with Gasteiger partial charge in [-0.2, -0.15) is 5.10 Å². The molecule has 1 aromatic heterocycles. The second-order valence-electron chi connectivity index (χ2n) is 5.95. The van der Waals surface area contributed by atoms with Gasteiger partial charge in [0, 0.05) is 18.2 Å². The minimum atomic E-state index is 0.0987. The van der Waals surface area contributed by atoms with Crippen molar-refractivity contribution in [2.45, 2.75) is 50.6 Å². The molecule has 0 aliphatic heterocycles. The van der Waals surface area contributed by atoms with Crippen molar-refractivity contribution in [2.75, 3.05) is 0 Å². The van der Waals surface area contributed by atoms with Crippen LogP contribution in [0.2, 0.25) is 0 Å². The number of benzene rings is 1. The first-order chi connectivity index (χ1) is 10.3. The predicted molar refractivity (Wildman–Crippen MR) is 84.6 cm³/mol. The van der Waals surface area contributed by atoms with Crippen LogP contribution in [-0.2, 0) is 12.0 Å². The third-order valence-corrected chi connectivity index (χ3v) is 4.79. The van der Waals surface area contributed by atoms with Crippen LogP contribution in [0.5, 0.6) is 0 Å². The molecule has 0 amide bonds. The van der Waals surface area contributed by atoms with E-state index in [0.29, 0.717) is 0 Å². The van der Waals surface area contributed by atoms with Gasteiger partial charge in [-0.1, -0.05) is 43.7 Å². The van der Waals surface area contributed by atoms with Gasteiger partial charge in [-0.15, -0.1) is 0 Å². The van der Waals surface area contributed by atoms with Crippen LogP contribution in [0.25, 0.3) is 0 Å². The number of nitrogens with two attached hydrogens (primary N) is 1. The molecule has 1 fully saturated rings. The lowest BCUT2D eigenvalue weighted by Gasteiger charge is -2.48. The standard InChI is InChI=1S/C17H24N4/c1-2-13-21-15(9-12-19-21)16(20-18)17(10-6-11-17)14-7-4-3-5-8-14/h3-5,7-9,12,16,20H,2,6,10-11,13,18H2,1H3. The Hall–Kier alpha value is -1.65. The van der Waals surface area contributed by atoms with E-state index in [-0.39, 0.29) is 11.5 Å². The molecule has 1 heterocycles. The second-order valence-corrected chi connectivity index (χ2v) is 5.95. The molecule has 21 heavy (non-hydrogen) atoms. The minimum Gasteiger partial charge on any atom is -0.271 e. The lowest BCUT2D eigenvalue weighted by atomic mass is 9.59. The number of aromatic nitrogens is 2. The molecule has 4 heteroatoms. The molecule has 1 aliphatic carbocycles. The van der Waals surface area contributed by atoms with E-state index >= 15 is 0 Å². The molecule has 2 aromatic rings. The third-order valence-electron chi connectivity index (χ3n) is 4.79. The Bertz CT molecular complexity index is 571. The number of hydrogen-bond donors (Lipinski definition) is 2. The molecule has 0 spiro atoms. The molecular formula is C17H24N4. The van der Waals surface area contributed by atoms with Crippen LogP contribution in [-0.4, -0.2) is 9.78 Å². The average molecular weight is 284 g/mol. The molecule has 1 aliphatic rings. The summed E-state index contributed by atoms with van der Waals surface area (Å²) in [6.45, 7) is 3.11. The highest BCUT2D eigenvalue weighted by molar-refractivity contribution is 5.33. The summed E-state index contributed by atoms with van der Waals surface area (Å²) in [4.78, 5) is 0. The summed E-state index contributed by atoms with van der Waals surface area (Å²) in [7, 11) is 0. The maximum atomic E-state index is 5.97. The van der Waals surface area contributed by atoms with E-state index in [1.807, 2.05) is 6.20 Å². The first-order valence-electron chi connectivity index (χ1n) is 7.85. The summed E-state index contributed by atoms with van der Waals surface area (Å²) < 4.78 is 2.09. The second kappa shape index (κ2) is 6.00. The van der Waals surface area contributed by atoms with Gasteiger partial charge >= 0.3 is 0 Å². The van der Waals surface area contributed by atoms with E-state index < -0.39 is 0 Å². The molecule has 0 bridgehead atoms. The Morgan fingerprint density at radius 2 is 2.05 bits per heavy atom. The van der Waals surface area contributed by atoms with Crippen molar-refractivity contribution < 1.29 is 0 Å². The Morgan fingerprint density at radius 3 is 2.62 bits per heavy atom. The smallest absolute Gasteiger partial charge is 0.0725 e. The van der Waals surface area contributed by atoms with E-state index in [1.54, 1.807) is 0 Å². The first-order valence-corrected chi connectivity index (χ1v) is 7.85. The van der Waals surface area contributed by atoms with Crippen molar-refractivity contribution in [3.05, 3.63) is 53.9 Å². The summed E-state index contributed by atoms with van der Waals surface area (Å²) in [6, 6.07) is 13.0. The minimum absolute atomic E-state index is 0.0987. The Kier molecular flexibility index (Phi) is 4.08. The molecule has 1 aromatic carbocycles. The van der Waals surface area contributed by atoms with Crippen molar-refractivity contribution >= 4 is 0 Å². The van der Waals surface area contributed by atoms with Gasteiger partial charge in [-0.05, 0) is 30.9 Å². The molecule has 112 valence electrons. The average Bonchev–Trinajstić information content (AvgIpc) is 2.92. The fraction of sp³-hybridized carbons (Fsp3) is 0.471. The Labute approximate surface area is 126 Å². The van der Waals surface area contributed by atoms with Gasteiger partial charge in [-0.25, -0.2) is 0 Å². The van der Waals surface area contributed by atoms with Crippen molar-refractivity contribution in [2.24, 2.45) is 5.84 Å². The molecule has 3 rings (SSSR count). The molecule has 1 atom stereocenters. The van der Waals surface area contributed by atoms with E-state index in [1.165, 1.54) is 30.5 Å². The first kappa shape index (κ1) is 14.3. The zero-order valence-electron chi connectivity index (χ0n) is 12.6. The quantitative estimate of drug-likeness (QED) is 0.633. The Balaban J connectivity index is 2.00. The van der Waals surface area contributed by atoms with Crippen molar-refractivity contribution in [3.8, 4) is 0 Å². The monoisotopic (exact) mass is 284 g/mol. The van der Waals surface area contributed by atoms with Crippen LogP contribution in [0, 0.1) is 0 Å². The maximum Gasteiger partial charge on any atom is 0.0725 e. The maximum absolute atomic E-state index is 5.97. The molecule has 1 unspecified atom stereocenters. The lowest BCUT2D eigenvalue weighted by Crippen LogP contribution is -2.49. The zero-order chi connectivity index (χ0) is 14.7. The van der Waals surface area contributed by atoms with Gasteiger partial charge in [0.15, 0.2) is 0 Å². The number of nitrogens with one attached hydrogen (secondary N) is 1. The predicted octanol–water partition coefficient (Wildman–Crippen LogP) is 2.92. The number of nitrogens with zero attached hydrogens (tertiary/aromatic N) is 2. The number of hydrazine groups is 1. The molecule has 0 saturated heterocycles. The van der Waals surface area contributed by atoms with E-state index in [9.17, 15) is 0 Å². The van der Waals surface area contributed by atoms with Crippen LogP contribution >= 0.6 is 0 Å². The van der Waals surface area contributed by atoms with Gasteiger partial charge in [0.2, 0.25) is 0 Å². The van der Waals surface area contributed by atoms with E-state index in [0.717, 1.165) is 13.0 Å². The molecule has 0 radical (unpaired) electrons. The summed E-state index contributed by atoms with van der Waals surface area (Å²) in [6.07, 6.45) is 6.55. The van der Waals surface area contributed by atoms with Crippen LogP contribution in [0.15, 0.2) is 42.6 Å². The van der Waals surface area contributed by atoms with Gasteiger partial charge in [0.05, 0.1) is 11.7 Å². The highest BCUT2D eigenvalue weighted by atomic mass is 15.3. The summed E-state index contributed by atoms with van der Waals surface area (Å²) >= 11 is 0. The lowest BCUT2D eigenvalue weighted by molar-refractivity contribution is 0.163. The number of hydrogen-bond acceptors (Lipinski definition) is 3. The highest BCUT2D eigenvalue weighted by Gasteiger charge is 2.46. The molecule has 1 saturated carbocycles. The fourth-order valence-corrected chi connectivity index (χ4v) is 3.59. The molecule has 4 nitrogen and oxygen atoms in total. The van der Waals surface area contributed by atoms with Gasteiger partial charge < -0.3 is 0 Å². The third kappa shape index (κ3) is 2.39. The van der Waals surface area contributed by atoms with Crippen LogP contribution in [0.3, 0.4) is 0 Å². The SMILES string of the molecule is CCCn1nccc1C(NN)C1(c2ccccc2)CCC1. The highest BCUT2D eigenvalue weighted by Crippen LogP contribution is 2.51. The molecule has 3 N–H and O–H groups in total. The van der Waals surface area contributed by atoms with E-state index in [4.69, 9.17) is 5.84 Å². The molecular weight excluding hydrogens is 260 g/mol. The van der Waals surface area contributed by atoms with Crippen molar-refractivity contribution in [3.63, 3.8) is 0 Å².